The van der Waals surface area contributed by atoms with Crippen LogP contribution in [0.15, 0.2) is 58.5 Å². The van der Waals surface area contributed by atoms with E-state index in [2.05, 4.69) is 29.1 Å². The number of methoxy groups -OCH3 is 2. The molecule has 1 aliphatic heterocycles. The maximum atomic E-state index is 13.7. The lowest BCUT2D eigenvalue weighted by atomic mass is 9.70. The molecule has 4 aromatic rings. The van der Waals surface area contributed by atoms with Gasteiger partial charge in [-0.3, -0.25) is 4.79 Å². The summed E-state index contributed by atoms with van der Waals surface area (Å²) >= 11 is 1.59. The van der Waals surface area contributed by atoms with E-state index in [9.17, 15) is 4.79 Å². The van der Waals surface area contributed by atoms with E-state index in [4.69, 9.17) is 24.0 Å². The first-order valence-electron chi connectivity index (χ1n) is 12.9. The molecule has 0 saturated carbocycles. The molecular formula is C29H29N5O5S. The summed E-state index contributed by atoms with van der Waals surface area (Å²) in [4.78, 5) is 29.6. The summed E-state index contributed by atoms with van der Waals surface area (Å²) in [5, 5.41) is 10.8. The van der Waals surface area contributed by atoms with Crippen molar-refractivity contribution in [2.45, 2.75) is 46.1 Å². The molecule has 0 saturated heterocycles. The first-order valence-corrected chi connectivity index (χ1v) is 13.8. The van der Waals surface area contributed by atoms with Gasteiger partial charge in [0.25, 0.3) is 0 Å². The molecule has 6 rings (SSSR count). The Labute approximate surface area is 235 Å². The van der Waals surface area contributed by atoms with E-state index < -0.39 is 5.92 Å². The molecule has 1 aromatic carbocycles. The van der Waals surface area contributed by atoms with Gasteiger partial charge in [0.2, 0.25) is 5.88 Å². The SMILES string of the molecule is COc1ccc([C@H]2C3=C(CC(C)(C)CC3=O)Oc3ncn4nc(CO/N=C(/C)c5cccs5)nc4c32)cc1OC. The molecule has 2 aliphatic rings. The maximum absolute atomic E-state index is 13.7. The number of ether oxygens (including phenoxy) is 3. The van der Waals surface area contributed by atoms with Crippen LogP contribution < -0.4 is 14.2 Å². The second-order valence-electron chi connectivity index (χ2n) is 10.6. The van der Waals surface area contributed by atoms with Crippen LogP contribution in [0.25, 0.3) is 5.65 Å². The van der Waals surface area contributed by atoms with Gasteiger partial charge in [0, 0.05) is 18.4 Å². The molecule has 0 radical (unpaired) electrons. The zero-order valence-corrected chi connectivity index (χ0v) is 23.7. The van der Waals surface area contributed by atoms with Crippen LogP contribution in [0.3, 0.4) is 0 Å². The first-order chi connectivity index (χ1) is 19.3. The van der Waals surface area contributed by atoms with Crippen LogP contribution in [0.1, 0.15) is 61.4 Å². The number of carbonyl (C=O) groups excluding carboxylic acids is 1. The van der Waals surface area contributed by atoms with Crippen molar-refractivity contribution in [1.29, 1.82) is 0 Å². The molecule has 0 bridgehead atoms. The Bertz CT molecular complexity index is 1670. The molecule has 1 atom stereocenters. The Morgan fingerprint density at radius 2 is 2.02 bits per heavy atom. The van der Waals surface area contributed by atoms with Gasteiger partial charge in [0.15, 0.2) is 35.4 Å². The molecule has 0 unspecified atom stereocenters. The van der Waals surface area contributed by atoms with Crippen LogP contribution >= 0.6 is 11.3 Å². The lowest BCUT2D eigenvalue weighted by molar-refractivity contribution is -0.118. The monoisotopic (exact) mass is 559 g/mol. The standard InChI is InChI=1S/C29H29N5O5S/c1-16(22-7-6-10-40-22)33-38-14-23-31-27-26-24(17-8-9-19(36-4)20(11-17)37-5)25-18(35)12-29(2,3)13-21(25)39-28(26)30-15-34(27)32-23/h6-11,15,24H,12-14H2,1-5H3/b33-16-/t24-/m0/s1. The van der Waals surface area contributed by atoms with Gasteiger partial charge < -0.3 is 19.0 Å². The highest BCUT2D eigenvalue weighted by Crippen LogP contribution is 2.51. The summed E-state index contributed by atoms with van der Waals surface area (Å²) < 4.78 is 19.0. The van der Waals surface area contributed by atoms with E-state index in [0.29, 0.717) is 58.6 Å². The van der Waals surface area contributed by atoms with Crippen molar-refractivity contribution < 1.29 is 23.8 Å². The maximum Gasteiger partial charge on any atom is 0.228 e. The summed E-state index contributed by atoms with van der Waals surface area (Å²) in [6.45, 7) is 6.11. The van der Waals surface area contributed by atoms with Crippen molar-refractivity contribution >= 4 is 28.5 Å². The summed E-state index contributed by atoms with van der Waals surface area (Å²) in [6, 6.07) is 9.62. The minimum Gasteiger partial charge on any atom is -0.493 e. The Hall–Kier alpha value is -4.25. The van der Waals surface area contributed by atoms with Crippen LogP contribution in [-0.4, -0.2) is 45.3 Å². The van der Waals surface area contributed by atoms with E-state index in [1.165, 1.54) is 0 Å². The molecule has 206 valence electrons. The number of allylic oxidation sites excluding steroid dienone is 2. The second-order valence-corrected chi connectivity index (χ2v) is 11.6. The predicted molar refractivity (Wildman–Crippen MR) is 149 cm³/mol. The number of Topliss-reactive ketones (excluding diaryl/α,β-unsaturated/α-hetero) is 1. The fourth-order valence-electron chi connectivity index (χ4n) is 5.33. The van der Waals surface area contributed by atoms with Crippen LogP contribution in [0.5, 0.6) is 17.4 Å². The van der Waals surface area contributed by atoms with Gasteiger partial charge >= 0.3 is 0 Å². The summed E-state index contributed by atoms with van der Waals surface area (Å²) in [5.41, 5.74) is 3.21. The Kier molecular flexibility index (Phi) is 6.53. The highest BCUT2D eigenvalue weighted by Gasteiger charge is 2.44. The second kappa shape index (κ2) is 10.1. The van der Waals surface area contributed by atoms with Crippen molar-refractivity contribution in [3.63, 3.8) is 0 Å². The molecule has 0 spiro atoms. The molecule has 10 nitrogen and oxygen atoms in total. The number of carbonyl (C=O) groups is 1. The summed E-state index contributed by atoms with van der Waals surface area (Å²) in [5.74, 6) is 2.21. The zero-order chi connectivity index (χ0) is 28.0. The third kappa shape index (κ3) is 4.60. The number of ketones is 1. The molecule has 0 N–H and O–H groups in total. The van der Waals surface area contributed by atoms with Crippen LogP contribution in [-0.2, 0) is 16.2 Å². The number of benzene rings is 1. The Morgan fingerprint density at radius 1 is 1.20 bits per heavy atom. The lowest BCUT2D eigenvalue weighted by Crippen LogP contribution is -2.33. The molecule has 0 fully saturated rings. The number of hydrogen-bond acceptors (Lipinski definition) is 10. The third-order valence-corrected chi connectivity index (χ3v) is 8.10. The minimum atomic E-state index is -0.476. The molecule has 11 heteroatoms. The van der Waals surface area contributed by atoms with Gasteiger partial charge in [-0.15, -0.1) is 16.4 Å². The molecule has 4 heterocycles. The number of hydrogen-bond donors (Lipinski definition) is 0. The Morgan fingerprint density at radius 3 is 2.77 bits per heavy atom. The van der Waals surface area contributed by atoms with Crippen molar-refractivity contribution in [2.75, 3.05) is 14.2 Å². The summed E-state index contributed by atoms with van der Waals surface area (Å²) in [7, 11) is 3.18. The van der Waals surface area contributed by atoms with E-state index in [-0.39, 0.29) is 17.8 Å². The highest BCUT2D eigenvalue weighted by molar-refractivity contribution is 7.12. The Balaban J connectivity index is 1.44. The fraction of sp³-hybridized carbons (Fsp3) is 0.345. The molecule has 3 aromatic heterocycles. The minimum absolute atomic E-state index is 0.0418. The van der Waals surface area contributed by atoms with Crippen molar-refractivity contribution in [2.24, 2.45) is 10.6 Å². The van der Waals surface area contributed by atoms with Crippen molar-refractivity contribution in [3.8, 4) is 17.4 Å². The normalized spacial score (nSPS) is 18.3. The van der Waals surface area contributed by atoms with Crippen LogP contribution in [0.2, 0.25) is 0 Å². The largest absolute Gasteiger partial charge is 0.493 e. The van der Waals surface area contributed by atoms with Crippen LogP contribution in [0.4, 0.5) is 0 Å². The van der Waals surface area contributed by atoms with E-state index in [1.807, 2.05) is 42.6 Å². The van der Waals surface area contributed by atoms with Crippen molar-refractivity contribution in [1.82, 2.24) is 19.6 Å². The molecule has 40 heavy (non-hydrogen) atoms. The average Bonchev–Trinajstić information content (AvgIpc) is 3.61. The molecule has 1 aliphatic carbocycles. The average molecular weight is 560 g/mol. The molecular weight excluding hydrogens is 530 g/mol. The quantitative estimate of drug-likeness (QED) is 0.221. The number of rotatable bonds is 7. The van der Waals surface area contributed by atoms with Gasteiger partial charge in [-0.2, -0.15) is 0 Å². The van der Waals surface area contributed by atoms with E-state index in [0.717, 1.165) is 16.2 Å². The predicted octanol–water partition coefficient (Wildman–Crippen LogP) is 5.31. The topological polar surface area (TPSA) is 109 Å². The van der Waals surface area contributed by atoms with Gasteiger partial charge in [-0.25, -0.2) is 14.5 Å². The fourth-order valence-corrected chi connectivity index (χ4v) is 6.00. The number of aromatic nitrogens is 4. The van der Waals surface area contributed by atoms with Gasteiger partial charge in [0.05, 0.1) is 36.3 Å². The highest BCUT2D eigenvalue weighted by atomic mass is 32.1. The molecule has 0 amide bonds. The smallest absolute Gasteiger partial charge is 0.228 e. The van der Waals surface area contributed by atoms with Gasteiger partial charge in [0.1, 0.15) is 12.1 Å². The lowest BCUT2D eigenvalue weighted by Gasteiger charge is -2.37. The van der Waals surface area contributed by atoms with Crippen molar-refractivity contribution in [3.05, 3.63) is 75.2 Å². The number of oxime groups is 1. The van der Waals surface area contributed by atoms with Crippen LogP contribution in [0, 0.1) is 5.41 Å². The zero-order valence-electron chi connectivity index (χ0n) is 22.9. The van der Waals surface area contributed by atoms with E-state index >= 15 is 0 Å². The number of thiophene rings is 1. The first kappa shape index (κ1) is 26.0. The van der Waals surface area contributed by atoms with E-state index in [1.54, 1.807) is 36.4 Å². The number of nitrogens with zero attached hydrogens (tertiary/aromatic N) is 5. The number of fused-ring (bicyclic) bond motifs is 3. The third-order valence-electron chi connectivity index (χ3n) is 7.12. The summed E-state index contributed by atoms with van der Waals surface area (Å²) in [6.07, 6.45) is 2.60. The van der Waals surface area contributed by atoms with Gasteiger partial charge in [-0.1, -0.05) is 31.1 Å². The van der Waals surface area contributed by atoms with Gasteiger partial charge in [-0.05, 0) is 41.5 Å².